The van der Waals surface area contributed by atoms with Crippen LogP contribution < -0.4 is 14.8 Å². The van der Waals surface area contributed by atoms with E-state index in [-0.39, 0.29) is 45.3 Å². The first-order chi connectivity index (χ1) is 18.0. The fraction of sp³-hybridized carbons (Fsp3) is 0.577. The predicted molar refractivity (Wildman–Crippen MR) is 142 cm³/mol. The van der Waals surface area contributed by atoms with Gasteiger partial charge in [0.1, 0.15) is 18.0 Å². The van der Waals surface area contributed by atoms with E-state index < -0.39 is 15.4 Å². The van der Waals surface area contributed by atoms with Gasteiger partial charge in [-0.15, -0.1) is 0 Å². The third kappa shape index (κ3) is 5.49. The highest BCUT2D eigenvalue weighted by Gasteiger charge is 2.46. The summed E-state index contributed by atoms with van der Waals surface area (Å²) in [6, 6.07) is 4.70. The maximum absolute atomic E-state index is 12.8. The van der Waals surface area contributed by atoms with Gasteiger partial charge < -0.3 is 24.4 Å². The van der Waals surface area contributed by atoms with Crippen molar-refractivity contribution < 1.29 is 27.4 Å². The highest BCUT2D eigenvalue weighted by atomic mass is 35.5. The van der Waals surface area contributed by atoms with E-state index in [1.165, 1.54) is 19.5 Å². The number of aromatic nitrogens is 2. The van der Waals surface area contributed by atoms with Gasteiger partial charge in [0.15, 0.2) is 15.7 Å². The van der Waals surface area contributed by atoms with Crippen LogP contribution in [0.3, 0.4) is 0 Å². The molecule has 2 aromatic rings. The van der Waals surface area contributed by atoms with Crippen molar-refractivity contribution in [1.82, 2.24) is 14.9 Å². The SMILES string of the molecule is COc1c(Nc2ccc(S(=O)(=O)C3CC3)cc2Cl)ncnc1O[C@H]1CC2CC[C@@H](C1)N2C(=O)OC(C)(C)C. The quantitative estimate of drug-likeness (QED) is 0.488. The Morgan fingerprint density at radius 3 is 2.37 bits per heavy atom. The lowest BCUT2D eigenvalue weighted by molar-refractivity contribution is -0.00792. The maximum atomic E-state index is 12.8. The van der Waals surface area contributed by atoms with Crippen molar-refractivity contribution >= 4 is 39.0 Å². The average Bonchev–Trinajstić information content (AvgIpc) is 3.65. The van der Waals surface area contributed by atoms with Gasteiger partial charge in [0, 0.05) is 24.9 Å². The van der Waals surface area contributed by atoms with Crippen molar-refractivity contribution in [1.29, 1.82) is 0 Å². The zero-order chi connectivity index (χ0) is 27.2. The number of carbonyl (C=O) groups is 1. The number of fused-ring (bicyclic) bond motifs is 2. The first kappa shape index (κ1) is 26.8. The second-order valence-electron chi connectivity index (χ2n) is 11.1. The molecule has 0 radical (unpaired) electrons. The van der Waals surface area contributed by atoms with Gasteiger partial charge >= 0.3 is 6.09 Å². The molecule has 1 aromatic carbocycles. The van der Waals surface area contributed by atoms with Gasteiger partial charge in [0.25, 0.3) is 5.88 Å². The lowest BCUT2D eigenvalue weighted by atomic mass is 10.0. The molecule has 2 aliphatic heterocycles. The number of halogens is 1. The Bertz CT molecular complexity index is 1310. The molecule has 1 aromatic heterocycles. The standard InChI is InChI=1S/C26H33ClN4O6S/c1-26(2,3)37-25(32)31-15-5-6-16(31)12-17(11-15)36-24-22(35-4)23(28-14-29-24)30-21-10-9-19(13-20(21)27)38(33,34)18-7-8-18/h9-10,13-18H,5-8,11-12H2,1-4H3,(H,28,29,30)/t15-,16?,17+/m0/s1. The van der Waals surface area contributed by atoms with Crippen molar-refractivity contribution in [3.8, 4) is 11.6 Å². The molecule has 12 heteroatoms. The van der Waals surface area contributed by atoms with Crippen LogP contribution in [-0.4, -0.2) is 65.5 Å². The molecule has 1 N–H and O–H groups in total. The zero-order valence-corrected chi connectivity index (χ0v) is 23.5. The van der Waals surface area contributed by atoms with Crippen LogP contribution in [0.2, 0.25) is 5.02 Å². The fourth-order valence-electron chi connectivity index (χ4n) is 5.18. The number of rotatable bonds is 7. The van der Waals surface area contributed by atoms with Crippen molar-refractivity contribution in [2.45, 2.75) is 93.2 Å². The summed E-state index contributed by atoms with van der Waals surface area (Å²) in [5.74, 6) is 0.927. The van der Waals surface area contributed by atoms with E-state index in [1.54, 1.807) is 12.1 Å². The number of hydrogen-bond donors (Lipinski definition) is 1. The fourth-order valence-corrected chi connectivity index (χ4v) is 7.15. The van der Waals surface area contributed by atoms with E-state index in [0.29, 0.717) is 42.9 Å². The van der Waals surface area contributed by atoms with Crippen molar-refractivity contribution in [3.05, 3.63) is 29.5 Å². The van der Waals surface area contributed by atoms with Crippen LogP contribution in [0, 0.1) is 0 Å². The minimum Gasteiger partial charge on any atom is -0.489 e. The molecule has 3 atom stereocenters. The Balaban J connectivity index is 1.30. The van der Waals surface area contributed by atoms with Gasteiger partial charge in [0.2, 0.25) is 5.75 Å². The molecule has 0 spiro atoms. The zero-order valence-electron chi connectivity index (χ0n) is 21.9. The van der Waals surface area contributed by atoms with Gasteiger partial charge in [-0.1, -0.05) is 11.6 Å². The average molecular weight is 565 g/mol. The first-order valence-electron chi connectivity index (χ1n) is 12.8. The molecule has 3 fully saturated rings. The van der Waals surface area contributed by atoms with Crippen LogP contribution in [0.4, 0.5) is 16.3 Å². The third-order valence-corrected chi connectivity index (χ3v) is 9.61. The molecule has 3 heterocycles. The lowest BCUT2D eigenvalue weighted by Gasteiger charge is -2.39. The largest absolute Gasteiger partial charge is 0.489 e. The normalized spacial score (nSPS) is 23.2. The summed E-state index contributed by atoms with van der Waals surface area (Å²) in [6.45, 7) is 5.61. The van der Waals surface area contributed by atoms with E-state index >= 15 is 0 Å². The summed E-state index contributed by atoms with van der Waals surface area (Å²) < 4.78 is 42.6. The summed E-state index contributed by atoms with van der Waals surface area (Å²) in [5, 5.41) is 3.05. The van der Waals surface area contributed by atoms with Gasteiger partial charge in [-0.05, 0) is 64.7 Å². The molecule has 5 rings (SSSR count). The van der Waals surface area contributed by atoms with Gasteiger partial charge in [-0.3, -0.25) is 0 Å². The van der Waals surface area contributed by atoms with Gasteiger partial charge in [-0.2, -0.15) is 4.98 Å². The highest BCUT2D eigenvalue weighted by Crippen LogP contribution is 2.41. The van der Waals surface area contributed by atoms with E-state index in [1.807, 2.05) is 25.7 Å². The van der Waals surface area contributed by atoms with Gasteiger partial charge in [0.05, 0.1) is 28.0 Å². The Kier molecular flexibility index (Phi) is 7.10. The molecule has 1 amide bonds. The number of carbonyl (C=O) groups excluding carboxylic acids is 1. The monoisotopic (exact) mass is 564 g/mol. The molecular weight excluding hydrogens is 532 g/mol. The number of ether oxygens (including phenoxy) is 3. The molecule has 2 saturated heterocycles. The molecule has 1 saturated carbocycles. The number of piperidine rings is 1. The first-order valence-corrected chi connectivity index (χ1v) is 14.8. The highest BCUT2D eigenvalue weighted by molar-refractivity contribution is 7.92. The molecule has 3 aliphatic rings. The lowest BCUT2D eigenvalue weighted by Crippen LogP contribution is -2.50. The maximum Gasteiger partial charge on any atom is 0.410 e. The van der Waals surface area contributed by atoms with Gasteiger partial charge in [-0.25, -0.2) is 18.2 Å². The smallest absolute Gasteiger partial charge is 0.410 e. The third-order valence-electron chi connectivity index (χ3n) is 7.03. The van der Waals surface area contributed by atoms with E-state index in [0.717, 1.165) is 12.8 Å². The molecule has 206 valence electrons. The molecule has 1 aliphatic carbocycles. The minimum atomic E-state index is -3.35. The minimum absolute atomic E-state index is 0.0447. The summed E-state index contributed by atoms with van der Waals surface area (Å²) in [5.41, 5.74) is -0.0656. The number of nitrogens with one attached hydrogen (secondary N) is 1. The van der Waals surface area contributed by atoms with Crippen LogP contribution >= 0.6 is 11.6 Å². The van der Waals surface area contributed by atoms with E-state index in [2.05, 4.69) is 15.3 Å². The molecule has 2 bridgehead atoms. The molecule has 1 unspecified atom stereocenters. The molecule has 10 nitrogen and oxygen atoms in total. The second-order valence-corrected chi connectivity index (χ2v) is 13.7. The summed E-state index contributed by atoms with van der Waals surface area (Å²) in [6.07, 6.45) is 5.43. The Hall–Kier alpha value is -2.79. The summed E-state index contributed by atoms with van der Waals surface area (Å²) >= 11 is 6.43. The summed E-state index contributed by atoms with van der Waals surface area (Å²) in [4.78, 5) is 23.4. The topological polar surface area (TPSA) is 120 Å². The van der Waals surface area contributed by atoms with Crippen LogP contribution in [0.25, 0.3) is 0 Å². The van der Waals surface area contributed by atoms with Crippen molar-refractivity contribution in [3.63, 3.8) is 0 Å². The van der Waals surface area contributed by atoms with E-state index in [4.69, 9.17) is 25.8 Å². The van der Waals surface area contributed by atoms with E-state index in [9.17, 15) is 13.2 Å². The Morgan fingerprint density at radius 2 is 1.79 bits per heavy atom. The van der Waals surface area contributed by atoms with Crippen LogP contribution in [0.15, 0.2) is 29.4 Å². The van der Waals surface area contributed by atoms with Crippen LogP contribution in [-0.2, 0) is 14.6 Å². The van der Waals surface area contributed by atoms with Crippen molar-refractivity contribution in [2.75, 3.05) is 12.4 Å². The predicted octanol–water partition coefficient (Wildman–Crippen LogP) is 5.13. The number of anilines is 2. The molecule has 38 heavy (non-hydrogen) atoms. The van der Waals surface area contributed by atoms with Crippen LogP contribution in [0.1, 0.15) is 59.3 Å². The number of hydrogen-bond acceptors (Lipinski definition) is 9. The van der Waals surface area contributed by atoms with Crippen molar-refractivity contribution in [2.24, 2.45) is 0 Å². The Morgan fingerprint density at radius 1 is 1.11 bits per heavy atom. The number of amides is 1. The van der Waals surface area contributed by atoms with Crippen LogP contribution in [0.5, 0.6) is 11.6 Å². The number of methoxy groups -OCH3 is 1. The summed E-state index contributed by atoms with van der Waals surface area (Å²) in [7, 11) is -1.85. The Labute approximate surface area is 227 Å². The number of benzene rings is 1. The number of nitrogens with zero attached hydrogens (tertiary/aromatic N) is 3. The second kappa shape index (κ2) is 10.1. The molecular formula is C26H33ClN4O6S. The number of sulfone groups is 1.